The Labute approximate surface area is 189 Å². The molecule has 2 fully saturated rings. The van der Waals surface area contributed by atoms with Crippen molar-refractivity contribution in [3.63, 3.8) is 0 Å². The van der Waals surface area contributed by atoms with Crippen LogP contribution in [0.1, 0.15) is 56.9 Å². The number of halogens is 2. The van der Waals surface area contributed by atoms with Gasteiger partial charge in [-0.15, -0.1) is 0 Å². The number of nitrogens with zero attached hydrogens (tertiary/aromatic N) is 1. The number of hydrogen-bond donors (Lipinski definition) is 2. The fraction of sp³-hybridized carbons (Fsp3) is 0.727. The minimum atomic E-state index is -3.33. The Kier molecular flexibility index (Phi) is 9.13. The van der Waals surface area contributed by atoms with E-state index in [0.717, 1.165) is 67.7 Å². The van der Waals surface area contributed by atoms with Crippen LogP contribution in [0.2, 0.25) is 0 Å². The first-order valence-corrected chi connectivity index (χ1v) is 13.5. The lowest BCUT2D eigenvalue weighted by Gasteiger charge is -2.33. The predicted octanol–water partition coefficient (Wildman–Crippen LogP) is 4.24. The van der Waals surface area contributed by atoms with Crippen molar-refractivity contribution < 1.29 is 12.8 Å². The van der Waals surface area contributed by atoms with E-state index in [2.05, 4.69) is 30.3 Å². The highest BCUT2D eigenvalue weighted by molar-refractivity contribution is 9.10. The minimum absolute atomic E-state index is 0.0795. The van der Waals surface area contributed by atoms with Gasteiger partial charge in [0.1, 0.15) is 5.82 Å². The lowest BCUT2D eigenvalue weighted by molar-refractivity contribution is 0.175. The van der Waals surface area contributed by atoms with Crippen molar-refractivity contribution in [2.45, 2.75) is 63.8 Å². The van der Waals surface area contributed by atoms with E-state index >= 15 is 0 Å². The molecule has 0 aromatic heterocycles. The molecule has 0 amide bonds. The van der Waals surface area contributed by atoms with Gasteiger partial charge in [0.15, 0.2) is 0 Å². The van der Waals surface area contributed by atoms with Gasteiger partial charge in [-0.3, -0.25) is 0 Å². The second-order valence-electron chi connectivity index (χ2n) is 8.91. The van der Waals surface area contributed by atoms with Crippen LogP contribution in [0.4, 0.5) is 4.39 Å². The molecule has 0 spiro atoms. The van der Waals surface area contributed by atoms with Crippen molar-refractivity contribution in [3.8, 4) is 0 Å². The average molecular weight is 505 g/mol. The molecule has 1 saturated heterocycles. The van der Waals surface area contributed by atoms with Crippen LogP contribution in [0.3, 0.4) is 0 Å². The molecule has 0 atom stereocenters. The summed E-state index contributed by atoms with van der Waals surface area (Å²) in [5.41, 5.74) is 1.08. The second-order valence-corrected chi connectivity index (χ2v) is 11.4. The Morgan fingerprint density at radius 1 is 1.10 bits per heavy atom. The van der Waals surface area contributed by atoms with Crippen molar-refractivity contribution in [1.82, 2.24) is 14.3 Å². The monoisotopic (exact) mass is 503 g/mol. The van der Waals surface area contributed by atoms with Crippen LogP contribution in [0.15, 0.2) is 22.7 Å². The van der Waals surface area contributed by atoms with E-state index in [9.17, 15) is 12.8 Å². The zero-order valence-electron chi connectivity index (χ0n) is 17.9. The van der Waals surface area contributed by atoms with Crippen LogP contribution in [0.5, 0.6) is 0 Å². The molecule has 0 unspecified atom stereocenters. The first-order chi connectivity index (χ1) is 14.3. The molecule has 2 aliphatic rings. The molecule has 1 aromatic carbocycles. The van der Waals surface area contributed by atoms with E-state index in [4.69, 9.17) is 0 Å². The van der Waals surface area contributed by atoms with Crippen molar-refractivity contribution >= 4 is 26.1 Å². The maximum Gasteiger partial charge on any atom is 0.276 e. The van der Waals surface area contributed by atoms with Crippen LogP contribution < -0.4 is 9.44 Å². The quantitative estimate of drug-likeness (QED) is 0.529. The number of rotatable bonds is 9. The van der Waals surface area contributed by atoms with Gasteiger partial charge >= 0.3 is 0 Å². The third-order valence-corrected chi connectivity index (χ3v) is 8.70. The number of likely N-dealkylation sites (tertiary alicyclic amines) is 1. The van der Waals surface area contributed by atoms with E-state index in [-0.39, 0.29) is 11.9 Å². The van der Waals surface area contributed by atoms with E-state index < -0.39 is 10.2 Å². The molecule has 1 heterocycles. The van der Waals surface area contributed by atoms with Gasteiger partial charge in [0.05, 0.1) is 0 Å². The number of piperidine rings is 1. The summed E-state index contributed by atoms with van der Waals surface area (Å²) in [5, 5.41) is 0. The Morgan fingerprint density at radius 3 is 2.47 bits per heavy atom. The molecule has 1 aromatic rings. The lowest BCUT2D eigenvalue weighted by atomic mass is 9.83. The summed E-state index contributed by atoms with van der Waals surface area (Å²) in [6.07, 6.45) is 9.87. The maximum atomic E-state index is 13.5. The molecule has 30 heavy (non-hydrogen) atoms. The highest BCUT2D eigenvalue weighted by atomic mass is 79.9. The zero-order chi connectivity index (χ0) is 21.6. The Hall–Kier alpha value is -0.540. The van der Waals surface area contributed by atoms with Gasteiger partial charge in [0, 0.05) is 17.6 Å². The summed E-state index contributed by atoms with van der Waals surface area (Å²) in [6.45, 7) is 3.43. The Bertz CT molecular complexity index is 777. The standard InChI is InChI=1S/C22H35BrFN3O2S/c1-25-30(28,29)26-21-7-4-17(5-8-21)3-2-12-27-13-10-18(11-14-27)15-19-16-20(24)6-9-22(19)23/h6,9,16-18,21,25-26H,2-5,7-8,10-15H2,1H3/t17-,21-. The first kappa shape index (κ1) is 24.1. The van der Waals surface area contributed by atoms with Crippen molar-refractivity contribution in [2.75, 3.05) is 26.7 Å². The topological polar surface area (TPSA) is 61.4 Å². The summed E-state index contributed by atoms with van der Waals surface area (Å²) in [6, 6.07) is 5.05. The Balaban J connectivity index is 1.30. The molecule has 1 saturated carbocycles. The van der Waals surface area contributed by atoms with Gasteiger partial charge in [-0.05, 0) is 113 Å². The fourth-order valence-corrected chi connectivity index (χ4v) is 6.08. The third-order valence-electron chi connectivity index (χ3n) is 6.75. The van der Waals surface area contributed by atoms with Gasteiger partial charge in [-0.1, -0.05) is 15.9 Å². The van der Waals surface area contributed by atoms with E-state index in [1.54, 1.807) is 6.07 Å². The van der Waals surface area contributed by atoms with Gasteiger partial charge < -0.3 is 4.90 Å². The SMILES string of the molecule is CNS(=O)(=O)N[C@H]1CC[C@H](CCCN2CCC(Cc3cc(F)ccc3Br)CC2)CC1. The van der Waals surface area contributed by atoms with Crippen molar-refractivity contribution in [2.24, 2.45) is 11.8 Å². The average Bonchev–Trinajstić information content (AvgIpc) is 2.73. The molecule has 170 valence electrons. The number of hydrogen-bond acceptors (Lipinski definition) is 3. The molecule has 1 aliphatic heterocycles. The van der Waals surface area contributed by atoms with Gasteiger partial charge in [-0.25, -0.2) is 9.11 Å². The van der Waals surface area contributed by atoms with E-state index in [0.29, 0.717) is 5.92 Å². The minimum Gasteiger partial charge on any atom is -0.303 e. The summed E-state index contributed by atoms with van der Waals surface area (Å²) in [7, 11) is -1.88. The largest absolute Gasteiger partial charge is 0.303 e. The summed E-state index contributed by atoms with van der Waals surface area (Å²) in [4.78, 5) is 2.57. The highest BCUT2D eigenvalue weighted by Gasteiger charge is 2.25. The second kappa shape index (κ2) is 11.4. The molecular formula is C22H35BrFN3O2S. The van der Waals surface area contributed by atoms with Gasteiger partial charge in [-0.2, -0.15) is 13.1 Å². The first-order valence-electron chi connectivity index (χ1n) is 11.2. The van der Waals surface area contributed by atoms with Crippen LogP contribution in [-0.2, 0) is 16.6 Å². The number of nitrogens with one attached hydrogen (secondary N) is 2. The molecule has 0 bridgehead atoms. The fourth-order valence-electron chi connectivity index (χ4n) is 4.88. The summed E-state index contributed by atoms with van der Waals surface area (Å²) >= 11 is 3.55. The van der Waals surface area contributed by atoms with Crippen molar-refractivity contribution in [1.29, 1.82) is 0 Å². The van der Waals surface area contributed by atoms with E-state index in [1.165, 1.54) is 38.8 Å². The van der Waals surface area contributed by atoms with Crippen LogP contribution in [-0.4, -0.2) is 46.0 Å². The number of benzene rings is 1. The van der Waals surface area contributed by atoms with Crippen LogP contribution in [0, 0.1) is 17.7 Å². The molecular weight excluding hydrogens is 469 g/mol. The zero-order valence-corrected chi connectivity index (χ0v) is 20.3. The molecule has 3 rings (SSSR count). The highest BCUT2D eigenvalue weighted by Crippen LogP contribution is 2.29. The van der Waals surface area contributed by atoms with Crippen LogP contribution in [0.25, 0.3) is 0 Å². The maximum absolute atomic E-state index is 13.5. The molecule has 8 heteroatoms. The normalized spacial score (nSPS) is 24.2. The predicted molar refractivity (Wildman–Crippen MR) is 123 cm³/mol. The third kappa shape index (κ3) is 7.55. The summed E-state index contributed by atoms with van der Waals surface area (Å²) in [5.74, 6) is 1.21. The van der Waals surface area contributed by atoms with Gasteiger partial charge in [0.25, 0.3) is 10.2 Å². The molecule has 5 nitrogen and oxygen atoms in total. The molecule has 1 aliphatic carbocycles. The lowest BCUT2D eigenvalue weighted by Crippen LogP contribution is -2.42. The Morgan fingerprint density at radius 2 is 1.80 bits per heavy atom. The van der Waals surface area contributed by atoms with E-state index in [1.807, 2.05) is 6.07 Å². The summed E-state index contributed by atoms with van der Waals surface area (Å²) < 4.78 is 42.8. The van der Waals surface area contributed by atoms with Gasteiger partial charge in [0.2, 0.25) is 0 Å². The molecule has 2 N–H and O–H groups in total. The van der Waals surface area contributed by atoms with Crippen LogP contribution >= 0.6 is 15.9 Å². The smallest absolute Gasteiger partial charge is 0.276 e. The molecule has 0 radical (unpaired) electrons. The van der Waals surface area contributed by atoms with Crippen molar-refractivity contribution in [3.05, 3.63) is 34.1 Å².